The van der Waals surface area contributed by atoms with Crippen molar-refractivity contribution in [3.05, 3.63) is 83.3 Å². The van der Waals surface area contributed by atoms with Crippen molar-refractivity contribution in [2.24, 2.45) is 0 Å². The first kappa shape index (κ1) is 18.6. The number of pyridine rings is 1. The summed E-state index contributed by atoms with van der Waals surface area (Å²) in [5, 5.41) is 4.02. The molecule has 4 aromatic rings. The molecule has 0 aliphatic carbocycles. The molecule has 0 aliphatic rings. The minimum atomic E-state index is -0.331. The Balaban J connectivity index is 1.82. The zero-order valence-corrected chi connectivity index (χ0v) is 16.0. The van der Waals surface area contributed by atoms with E-state index >= 15 is 0 Å². The van der Waals surface area contributed by atoms with E-state index in [2.05, 4.69) is 15.3 Å². The summed E-state index contributed by atoms with van der Waals surface area (Å²) in [6, 6.07) is 15.0. The smallest absolute Gasteiger partial charge is 0.252 e. The highest BCUT2D eigenvalue weighted by Crippen LogP contribution is 2.34. The predicted molar refractivity (Wildman–Crippen MR) is 111 cm³/mol. The molecule has 146 valence electrons. The summed E-state index contributed by atoms with van der Waals surface area (Å²) in [5.41, 5.74) is 2.21. The van der Waals surface area contributed by atoms with Crippen molar-refractivity contribution in [2.45, 2.75) is 13.1 Å². The van der Waals surface area contributed by atoms with E-state index in [4.69, 9.17) is 4.74 Å². The van der Waals surface area contributed by atoms with E-state index in [-0.39, 0.29) is 17.5 Å². The van der Waals surface area contributed by atoms with Gasteiger partial charge in [-0.1, -0.05) is 18.2 Å². The van der Waals surface area contributed by atoms with Gasteiger partial charge in [0.1, 0.15) is 35.4 Å². The van der Waals surface area contributed by atoms with E-state index in [1.54, 1.807) is 42.1 Å². The van der Waals surface area contributed by atoms with Gasteiger partial charge in [-0.25, -0.2) is 14.4 Å². The molecule has 6 nitrogen and oxygen atoms in total. The Bertz CT molecular complexity index is 1220. The SMILES string of the molecule is COc1cc(-c2ccc(F)cc2)cc2c(NC(C)n3ccccc3=O)ncnc12. The van der Waals surface area contributed by atoms with Crippen LogP contribution in [0.15, 0.2) is 71.9 Å². The zero-order chi connectivity index (χ0) is 20.4. The molecule has 2 aromatic heterocycles. The molecular weight excluding hydrogens is 371 g/mol. The molecule has 7 heteroatoms. The van der Waals surface area contributed by atoms with Crippen LogP contribution in [0.1, 0.15) is 13.1 Å². The molecule has 0 fully saturated rings. The molecule has 2 heterocycles. The number of nitrogens with zero attached hydrogens (tertiary/aromatic N) is 3. The van der Waals surface area contributed by atoms with Gasteiger partial charge < -0.3 is 10.1 Å². The summed E-state index contributed by atoms with van der Waals surface area (Å²) in [6.07, 6.45) is 2.83. The number of rotatable bonds is 5. The van der Waals surface area contributed by atoms with Gasteiger partial charge in [-0.2, -0.15) is 0 Å². The molecule has 0 spiro atoms. The zero-order valence-electron chi connectivity index (χ0n) is 16.0. The Kier molecular flexibility index (Phi) is 4.95. The minimum Gasteiger partial charge on any atom is -0.494 e. The first-order valence-corrected chi connectivity index (χ1v) is 9.09. The van der Waals surface area contributed by atoms with Crippen LogP contribution in [0.25, 0.3) is 22.0 Å². The number of hydrogen-bond donors (Lipinski definition) is 1. The van der Waals surface area contributed by atoms with Crippen LogP contribution < -0.4 is 15.6 Å². The molecular formula is C22H19FN4O2. The van der Waals surface area contributed by atoms with Crippen LogP contribution in [0.4, 0.5) is 10.2 Å². The lowest BCUT2D eigenvalue weighted by Gasteiger charge is -2.19. The molecule has 1 atom stereocenters. The van der Waals surface area contributed by atoms with Crippen molar-refractivity contribution in [2.75, 3.05) is 12.4 Å². The van der Waals surface area contributed by atoms with E-state index in [0.29, 0.717) is 17.1 Å². The average Bonchev–Trinajstić information content (AvgIpc) is 2.74. The molecule has 0 radical (unpaired) electrons. The Hall–Kier alpha value is -3.74. The van der Waals surface area contributed by atoms with Gasteiger partial charge in [-0.05, 0) is 48.4 Å². The van der Waals surface area contributed by atoms with Gasteiger partial charge in [0.2, 0.25) is 0 Å². The molecule has 1 unspecified atom stereocenters. The summed E-state index contributed by atoms with van der Waals surface area (Å²) in [4.78, 5) is 20.8. The van der Waals surface area contributed by atoms with Crippen molar-refractivity contribution in [1.29, 1.82) is 0 Å². The van der Waals surface area contributed by atoms with Crippen molar-refractivity contribution >= 4 is 16.7 Å². The van der Waals surface area contributed by atoms with Crippen LogP contribution in [-0.4, -0.2) is 21.6 Å². The van der Waals surface area contributed by atoms with E-state index in [0.717, 1.165) is 16.5 Å². The van der Waals surface area contributed by atoms with Crippen LogP contribution in [0.5, 0.6) is 5.75 Å². The number of nitrogens with one attached hydrogen (secondary N) is 1. The highest BCUT2D eigenvalue weighted by Gasteiger charge is 2.14. The first-order chi connectivity index (χ1) is 14.1. The lowest BCUT2D eigenvalue weighted by molar-refractivity contribution is 0.419. The van der Waals surface area contributed by atoms with Gasteiger partial charge in [-0.15, -0.1) is 0 Å². The van der Waals surface area contributed by atoms with Gasteiger partial charge in [0.05, 0.1) is 7.11 Å². The van der Waals surface area contributed by atoms with E-state index in [1.807, 2.05) is 19.1 Å². The van der Waals surface area contributed by atoms with Crippen molar-refractivity contribution in [1.82, 2.24) is 14.5 Å². The third-order valence-corrected chi connectivity index (χ3v) is 4.72. The first-order valence-electron chi connectivity index (χ1n) is 9.09. The Morgan fingerprint density at radius 1 is 1.07 bits per heavy atom. The fourth-order valence-electron chi connectivity index (χ4n) is 3.24. The molecule has 29 heavy (non-hydrogen) atoms. The summed E-state index contributed by atoms with van der Waals surface area (Å²) in [7, 11) is 1.57. The molecule has 4 rings (SSSR count). The van der Waals surface area contributed by atoms with E-state index < -0.39 is 0 Å². The fourth-order valence-corrected chi connectivity index (χ4v) is 3.24. The highest BCUT2D eigenvalue weighted by atomic mass is 19.1. The summed E-state index contributed by atoms with van der Waals surface area (Å²) in [6.45, 7) is 1.87. The van der Waals surface area contributed by atoms with Crippen LogP contribution in [0.2, 0.25) is 0 Å². The van der Waals surface area contributed by atoms with Gasteiger partial charge >= 0.3 is 0 Å². The quantitative estimate of drug-likeness (QED) is 0.552. The maximum absolute atomic E-state index is 13.3. The minimum absolute atomic E-state index is 0.115. The second-order valence-corrected chi connectivity index (χ2v) is 6.57. The summed E-state index contributed by atoms with van der Waals surface area (Å²) < 4.78 is 20.4. The normalized spacial score (nSPS) is 12.0. The molecule has 1 N–H and O–H groups in total. The second kappa shape index (κ2) is 7.71. The molecule has 0 amide bonds. The maximum Gasteiger partial charge on any atom is 0.252 e. The summed E-state index contributed by atoms with van der Waals surface area (Å²) >= 11 is 0. The monoisotopic (exact) mass is 390 g/mol. The Labute approximate surface area is 166 Å². The number of ether oxygens (including phenoxy) is 1. The van der Waals surface area contributed by atoms with Crippen LogP contribution in [0, 0.1) is 5.82 Å². The van der Waals surface area contributed by atoms with E-state index in [9.17, 15) is 9.18 Å². The third kappa shape index (κ3) is 3.67. The third-order valence-electron chi connectivity index (χ3n) is 4.72. The lowest BCUT2D eigenvalue weighted by atomic mass is 10.0. The maximum atomic E-state index is 13.3. The molecule has 0 bridgehead atoms. The number of halogens is 1. The van der Waals surface area contributed by atoms with Crippen LogP contribution >= 0.6 is 0 Å². The number of fused-ring (bicyclic) bond motifs is 1. The Morgan fingerprint density at radius 3 is 2.59 bits per heavy atom. The van der Waals surface area contributed by atoms with Gasteiger partial charge in [0.15, 0.2) is 0 Å². The fraction of sp³-hybridized carbons (Fsp3) is 0.136. The molecule has 0 saturated carbocycles. The Morgan fingerprint density at radius 2 is 1.86 bits per heavy atom. The number of benzene rings is 2. The second-order valence-electron chi connectivity index (χ2n) is 6.57. The van der Waals surface area contributed by atoms with Crippen molar-refractivity contribution < 1.29 is 9.13 Å². The highest BCUT2D eigenvalue weighted by molar-refractivity contribution is 5.96. The lowest BCUT2D eigenvalue weighted by Crippen LogP contribution is -2.26. The predicted octanol–water partition coefficient (Wildman–Crippen LogP) is 4.24. The van der Waals surface area contributed by atoms with Crippen LogP contribution in [0.3, 0.4) is 0 Å². The summed E-state index contributed by atoms with van der Waals surface area (Å²) in [5.74, 6) is 0.853. The topological polar surface area (TPSA) is 69.0 Å². The van der Waals surface area contributed by atoms with Gasteiger partial charge in [0.25, 0.3) is 5.56 Å². The van der Waals surface area contributed by atoms with Gasteiger partial charge in [0, 0.05) is 17.6 Å². The van der Waals surface area contributed by atoms with Crippen molar-refractivity contribution in [3.63, 3.8) is 0 Å². The largest absolute Gasteiger partial charge is 0.494 e. The number of anilines is 1. The molecule has 0 saturated heterocycles. The standard InChI is InChI=1S/C22H19FN4O2/c1-14(27-10-4-3-5-20(27)28)26-22-18-11-16(15-6-8-17(23)9-7-15)12-19(29-2)21(18)24-13-25-22/h3-14H,1-2H3,(H,24,25,26). The molecule has 0 aliphatic heterocycles. The number of methoxy groups -OCH3 is 1. The van der Waals surface area contributed by atoms with Crippen LogP contribution in [-0.2, 0) is 0 Å². The van der Waals surface area contributed by atoms with Gasteiger partial charge in [-0.3, -0.25) is 9.36 Å². The number of aromatic nitrogens is 3. The van der Waals surface area contributed by atoms with Crippen molar-refractivity contribution in [3.8, 4) is 16.9 Å². The van der Waals surface area contributed by atoms with E-state index in [1.165, 1.54) is 24.5 Å². The average molecular weight is 390 g/mol. The molecule has 2 aromatic carbocycles. The number of hydrogen-bond acceptors (Lipinski definition) is 5.